The predicted molar refractivity (Wildman–Crippen MR) is 83.4 cm³/mol. The highest BCUT2D eigenvalue weighted by Gasteiger charge is 2.03. The first-order valence-electron chi connectivity index (χ1n) is 6.26. The lowest BCUT2D eigenvalue weighted by molar-refractivity contribution is -0.113. The van der Waals surface area contributed by atoms with Gasteiger partial charge in [-0.25, -0.2) is 0 Å². The SMILES string of the molecule is NC(N)=NC(=O)C=Cc1ccccc1-c1ccc(O)cc1. The van der Waals surface area contributed by atoms with E-state index in [-0.39, 0.29) is 11.7 Å². The summed E-state index contributed by atoms with van der Waals surface area (Å²) in [7, 11) is 0. The standard InChI is InChI=1S/C16H15N3O2/c17-16(18)19-15(21)10-7-11-3-1-2-4-14(11)12-5-8-13(20)9-6-12/h1-10,20H,(H4,17,18,19,21). The molecule has 2 rings (SSSR count). The molecule has 106 valence electrons. The number of aliphatic imine (C=N–C) groups is 1. The van der Waals surface area contributed by atoms with Gasteiger partial charge in [0.05, 0.1) is 0 Å². The monoisotopic (exact) mass is 281 g/mol. The Kier molecular flexibility index (Phi) is 4.36. The molecule has 5 N–H and O–H groups in total. The van der Waals surface area contributed by atoms with E-state index in [9.17, 15) is 9.90 Å². The third-order valence-corrected chi connectivity index (χ3v) is 2.78. The second-order valence-corrected chi connectivity index (χ2v) is 4.34. The summed E-state index contributed by atoms with van der Waals surface area (Å²) in [6.45, 7) is 0. The minimum absolute atomic E-state index is 0.203. The smallest absolute Gasteiger partial charge is 0.272 e. The van der Waals surface area contributed by atoms with Crippen LogP contribution in [0.25, 0.3) is 17.2 Å². The molecule has 0 unspecified atom stereocenters. The van der Waals surface area contributed by atoms with E-state index in [1.807, 2.05) is 24.3 Å². The second-order valence-electron chi connectivity index (χ2n) is 4.34. The molecular formula is C16H15N3O2. The maximum Gasteiger partial charge on any atom is 0.272 e. The summed E-state index contributed by atoms with van der Waals surface area (Å²) in [5.41, 5.74) is 13.0. The molecule has 0 saturated carbocycles. The molecular weight excluding hydrogens is 266 g/mol. The zero-order chi connectivity index (χ0) is 15.2. The lowest BCUT2D eigenvalue weighted by atomic mass is 9.99. The number of guanidine groups is 1. The van der Waals surface area contributed by atoms with Gasteiger partial charge in [0.2, 0.25) is 0 Å². The molecule has 0 aliphatic rings. The van der Waals surface area contributed by atoms with Gasteiger partial charge < -0.3 is 16.6 Å². The van der Waals surface area contributed by atoms with E-state index in [1.165, 1.54) is 6.08 Å². The number of phenols is 1. The molecule has 0 aliphatic heterocycles. The van der Waals surface area contributed by atoms with Crippen LogP contribution in [0.2, 0.25) is 0 Å². The minimum Gasteiger partial charge on any atom is -0.508 e. The first-order chi connectivity index (χ1) is 10.1. The van der Waals surface area contributed by atoms with E-state index in [0.29, 0.717) is 0 Å². The number of nitrogens with two attached hydrogens (primary N) is 2. The van der Waals surface area contributed by atoms with Gasteiger partial charge in [0, 0.05) is 6.08 Å². The molecule has 0 fully saturated rings. The Morgan fingerprint density at radius 3 is 2.38 bits per heavy atom. The number of aromatic hydroxyl groups is 1. The van der Waals surface area contributed by atoms with Gasteiger partial charge >= 0.3 is 0 Å². The first kappa shape index (κ1) is 14.3. The van der Waals surface area contributed by atoms with Crippen molar-refractivity contribution in [1.29, 1.82) is 0 Å². The molecule has 0 aliphatic carbocycles. The average Bonchev–Trinajstić information content (AvgIpc) is 2.46. The highest BCUT2D eigenvalue weighted by Crippen LogP contribution is 2.26. The van der Waals surface area contributed by atoms with Crippen molar-refractivity contribution in [3.8, 4) is 16.9 Å². The summed E-state index contributed by atoms with van der Waals surface area (Å²) in [5, 5.41) is 9.34. The van der Waals surface area contributed by atoms with E-state index in [2.05, 4.69) is 4.99 Å². The summed E-state index contributed by atoms with van der Waals surface area (Å²) < 4.78 is 0. The lowest BCUT2D eigenvalue weighted by Gasteiger charge is -2.06. The fourth-order valence-electron chi connectivity index (χ4n) is 1.87. The van der Waals surface area contributed by atoms with Gasteiger partial charge in [-0.05, 0) is 34.9 Å². The van der Waals surface area contributed by atoms with E-state index in [0.717, 1.165) is 16.7 Å². The third kappa shape index (κ3) is 3.94. The topological polar surface area (TPSA) is 102 Å². The Balaban J connectivity index is 2.33. The molecule has 5 nitrogen and oxygen atoms in total. The van der Waals surface area contributed by atoms with E-state index in [4.69, 9.17) is 11.5 Å². The number of rotatable bonds is 3. The maximum absolute atomic E-state index is 11.5. The Labute approximate surface area is 122 Å². The average molecular weight is 281 g/mol. The predicted octanol–water partition coefficient (Wildman–Crippen LogP) is 1.87. The molecule has 0 radical (unpaired) electrons. The summed E-state index contributed by atoms with van der Waals surface area (Å²) in [6, 6.07) is 14.4. The quantitative estimate of drug-likeness (QED) is 0.454. The van der Waals surface area contributed by atoms with Crippen LogP contribution in [0.4, 0.5) is 0 Å². The fourth-order valence-corrected chi connectivity index (χ4v) is 1.87. The van der Waals surface area contributed by atoms with Crippen molar-refractivity contribution in [1.82, 2.24) is 0 Å². The summed E-state index contributed by atoms with van der Waals surface area (Å²) in [5.74, 6) is -0.582. The van der Waals surface area contributed by atoms with Crippen LogP contribution >= 0.6 is 0 Å². The zero-order valence-corrected chi connectivity index (χ0v) is 11.2. The van der Waals surface area contributed by atoms with Gasteiger partial charge in [-0.3, -0.25) is 4.79 Å². The number of hydrogen-bond donors (Lipinski definition) is 3. The molecule has 2 aromatic rings. The number of nitrogens with zero attached hydrogens (tertiary/aromatic N) is 1. The van der Waals surface area contributed by atoms with Gasteiger partial charge in [0.25, 0.3) is 5.91 Å². The van der Waals surface area contributed by atoms with Gasteiger partial charge in [0.15, 0.2) is 5.96 Å². The van der Waals surface area contributed by atoms with Gasteiger partial charge in [-0.15, -0.1) is 0 Å². The van der Waals surface area contributed by atoms with Crippen LogP contribution in [-0.2, 0) is 4.79 Å². The van der Waals surface area contributed by atoms with Crippen LogP contribution in [0.5, 0.6) is 5.75 Å². The number of phenolic OH excluding ortho intramolecular Hbond substituents is 1. The van der Waals surface area contributed by atoms with Crippen LogP contribution in [0, 0.1) is 0 Å². The largest absolute Gasteiger partial charge is 0.508 e. The summed E-state index contributed by atoms with van der Waals surface area (Å²) in [6.07, 6.45) is 2.95. The summed E-state index contributed by atoms with van der Waals surface area (Å²) in [4.78, 5) is 14.9. The Morgan fingerprint density at radius 2 is 1.71 bits per heavy atom. The van der Waals surface area contributed by atoms with Crippen LogP contribution in [0.1, 0.15) is 5.56 Å². The van der Waals surface area contributed by atoms with Gasteiger partial charge in [-0.1, -0.05) is 36.4 Å². The van der Waals surface area contributed by atoms with Crippen molar-refractivity contribution in [3.63, 3.8) is 0 Å². The van der Waals surface area contributed by atoms with Crippen molar-refractivity contribution >= 4 is 17.9 Å². The third-order valence-electron chi connectivity index (χ3n) is 2.78. The highest BCUT2D eigenvalue weighted by molar-refractivity contribution is 6.00. The molecule has 1 amide bonds. The van der Waals surface area contributed by atoms with E-state index < -0.39 is 5.91 Å². The normalized spacial score (nSPS) is 10.5. The van der Waals surface area contributed by atoms with Crippen LogP contribution in [0.15, 0.2) is 59.6 Å². The van der Waals surface area contributed by atoms with Gasteiger partial charge in [0.1, 0.15) is 5.75 Å². The summed E-state index contributed by atoms with van der Waals surface area (Å²) >= 11 is 0. The van der Waals surface area contributed by atoms with Crippen LogP contribution in [-0.4, -0.2) is 17.0 Å². The van der Waals surface area contributed by atoms with Crippen molar-refractivity contribution in [3.05, 3.63) is 60.2 Å². The number of amides is 1. The van der Waals surface area contributed by atoms with Crippen LogP contribution in [0.3, 0.4) is 0 Å². The molecule has 2 aromatic carbocycles. The number of hydrogen-bond acceptors (Lipinski definition) is 2. The molecule has 0 atom stereocenters. The number of benzene rings is 2. The molecule has 0 spiro atoms. The van der Waals surface area contributed by atoms with Crippen molar-refractivity contribution in [2.45, 2.75) is 0 Å². The van der Waals surface area contributed by atoms with E-state index >= 15 is 0 Å². The Hall–Kier alpha value is -3.08. The Morgan fingerprint density at radius 1 is 1.05 bits per heavy atom. The van der Waals surface area contributed by atoms with Crippen molar-refractivity contribution in [2.24, 2.45) is 16.5 Å². The Bertz CT molecular complexity index is 700. The molecule has 21 heavy (non-hydrogen) atoms. The highest BCUT2D eigenvalue weighted by atomic mass is 16.3. The maximum atomic E-state index is 11.5. The molecule has 0 bridgehead atoms. The fraction of sp³-hybridized carbons (Fsp3) is 0. The molecule has 0 aromatic heterocycles. The number of carbonyl (C=O) groups excluding carboxylic acids is 1. The minimum atomic E-state index is -0.518. The second kappa shape index (κ2) is 6.38. The molecule has 0 heterocycles. The first-order valence-corrected chi connectivity index (χ1v) is 6.26. The lowest BCUT2D eigenvalue weighted by Crippen LogP contribution is -2.23. The van der Waals surface area contributed by atoms with Crippen LogP contribution < -0.4 is 11.5 Å². The van der Waals surface area contributed by atoms with Crippen molar-refractivity contribution in [2.75, 3.05) is 0 Å². The number of carbonyl (C=O) groups is 1. The molecule has 5 heteroatoms. The van der Waals surface area contributed by atoms with Crippen molar-refractivity contribution < 1.29 is 9.90 Å². The van der Waals surface area contributed by atoms with Gasteiger partial charge in [-0.2, -0.15) is 4.99 Å². The zero-order valence-electron chi connectivity index (χ0n) is 11.2. The van der Waals surface area contributed by atoms with E-state index in [1.54, 1.807) is 30.3 Å². The molecule has 0 saturated heterocycles.